The van der Waals surface area contributed by atoms with Gasteiger partial charge in [-0.05, 0) is 49.3 Å². The minimum Gasteiger partial charge on any atom is -0.0766 e. The van der Waals surface area contributed by atoms with Gasteiger partial charge in [0.2, 0.25) is 0 Å². The topological polar surface area (TPSA) is 0 Å². The van der Waals surface area contributed by atoms with Crippen LogP contribution in [0.25, 0.3) is 0 Å². The van der Waals surface area contributed by atoms with Crippen molar-refractivity contribution in [1.82, 2.24) is 0 Å². The van der Waals surface area contributed by atoms with Crippen LogP contribution in [-0.4, -0.2) is 0 Å². The summed E-state index contributed by atoms with van der Waals surface area (Å²) in [5.41, 5.74) is 3.22. The maximum atomic E-state index is 3.62. The third kappa shape index (κ3) is 12.5. The van der Waals surface area contributed by atoms with Crippen LogP contribution >= 0.6 is 0 Å². The molecule has 145 valence electrons. The molecule has 0 heterocycles. The Labute approximate surface area is 159 Å². The Kier molecular flexibility index (Phi) is 15.2. The first kappa shape index (κ1) is 22.5. The largest absolute Gasteiger partial charge is 0.0766 e. The monoisotopic (exact) mass is 345 g/mol. The zero-order valence-electron chi connectivity index (χ0n) is 17.5. The fourth-order valence-electron chi connectivity index (χ4n) is 3.92. The van der Waals surface area contributed by atoms with Gasteiger partial charge in [-0.15, -0.1) is 0 Å². The highest BCUT2D eigenvalue weighted by Gasteiger charge is 2.09. The molecule has 25 heavy (non-hydrogen) atoms. The van der Waals surface area contributed by atoms with Crippen molar-refractivity contribution in [3.63, 3.8) is 0 Å². The summed E-state index contributed by atoms with van der Waals surface area (Å²) in [6.07, 6.45) is 32.5. The Bertz CT molecular complexity index is 313. The molecule has 0 atom stereocenters. The van der Waals surface area contributed by atoms with Gasteiger partial charge in [0.1, 0.15) is 0 Å². The molecule has 0 aromatic heterocycles. The highest BCUT2D eigenvalue weighted by molar-refractivity contribution is 5.34. The molecule has 0 saturated carbocycles. The molecular formula is C25H45. The van der Waals surface area contributed by atoms with Crippen LogP contribution in [0.1, 0.15) is 136 Å². The van der Waals surface area contributed by atoms with Crippen LogP contribution in [0.15, 0.2) is 17.2 Å². The second kappa shape index (κ2) is 16.9. The fraction of sp³-hybridized carbons (Fsp3) is 0.840. The Morgan fingerprint density at radius 3 is 1.56 bits per heavy atom. The zero-order chi connectivity index (χ0) is 18.0. The normalized spacial score (nSPS) is 14.0. The van der Waals surface area contributed by atoms with E-state index in [2.05, 4.69) is 26.0 Å². The van der Waals surface area contributed by atoms with Crippen LogP contribution in [0.5, 0.6) is 0 Å². The summed E-state index contributed by atoms with van der Waals surface area (Å²) in [6, 6.07) is 0. The van der Waals surface area contributed by atoms with Crippen LogP contribution in [0.4, 0.5) is 0 Å². The Hall–Kier alpha value is -0.520. The molecule has 1 rings (SSSR count). The SMILES string of the molecule is CCCCCCCCCCC1=[C]CC=C1CCCCCCCCCC. The van der Waals surface area contributed by atoms with Gasteiger partial charge in [-0.2, -0.15) is 0 Å². The molecule has 0 N–H and O–H groups in total. The van der Waals surface area contributed by atoms with Crippen LogP contribution in [-0.2, 0) is 0 Å². The van der Waals surface area contributed by atoms with Gasteiger partial charge in [-0.1, -0.05) is 110 Å². The third-order valence-corrected chi connectivity index (χ3v) is 5.63. The molecule has 1 aliphatic carbocycles. The summed E-state index contributed by atoms with van der Waals surface area (Å²) >= 11 is 0. The number of allylic oxidation sites excluding steroid dienone is 4. The highest BCUT2D eigenvalue weighted by atomic mass is 14.1. The maximum Gasteiger partial charge on any atom is -0.00857 e. The van der Waals surface area contributed by atoms with Crippen LogP contribution in [0, 0.1) is 6.08 Å². The zero-order valence-corrected chi connectivity index (χ0v) is 17.5. The standard InChI is InChI=1S/C25H45/c1-3-5-7-9-11-13-15-17-20-24-22-19-23-25(24)21-18-16-14-12-10-8-6-4-2/h22H,3-21H2,1-2H3. The Morgan fingerprint density at radius 2 is 1.04 bits per heavy atom. The van der Waals surface area contributed by atoms with Crippen molar-refractivity contribution >= 4 is 0 Å². The van der Waals surface area contributed by atoms with Crippen LogP contribution in [0.3, 0.4) is 0 Å². The van der Waals surface area contributed by atoms with Crippen molar-refractivity contribution in [2.45, 2.75) is 136 Å². The van der Waals surface area contributed by atoms with E-state index in [4.69, 9.17) is 0 Å². The first-order valence-corrected chi connectivity index (χ1v) is 11.7. The van der Waals surface area contributed by atoms with Gasteiger partial charge in [0, 0.05) is 0 Å². The third-order valence-electron chi connectivity index (χ3n) is 5.63. The lowest BCUT2D eigenvalue weighted by atomic mass is 9.97. The van der Waals surface area contributed by atoms with E-state index in [0.717, 1.165) is 6.42 Å². The van der Waals surface area contributed by atoms with Crippen molar-refractivity contribution in [2.75, 3.05) is 0 Å². The van der Waals surface area contributed by atoms with E-state index in [1.165, 1.54) is 116 Å². The molecule has 0 amide bonds. The second-order valence-corrected chi connectivity index (χ2v) is 8.04. The highest BCUT2D eigenvalue weighted by Crippen LogP contribution is 2.28. The molecule has 0 saturated heterocycles. The molecule has 0 nitrogen and oxygen atoms in total. The molecule has 0 fully saturated rings. The van der Waals surface area contributed by atoms with Crippen molar-refractivity contribution < 1.29 is 0 Å². The molecule has 0 heteroatoms. The van der Waals surface area contributed by atoms with Crippen molar-refractivity contribution in [2.24, 2.45) is 0 Å². The quantitative estimate of drug-likeness (QED) is 0.217. The molecule has 1 aliphatic rings. The molecule has 0 aliphatic heterocycles. The molecule has 0 aromatic rings. The molecular weight excluding hydrogens is 300 g/mol. The summed E-state index contributed by atoms with van der Waals surface area (Å²) in [5, 5.41) is 0. The van der Waals surface area contributed by atoms with Gasteiger partial charge in [-0.25, -0.2) is 0 Å². The predicted octanol–water partition coefficient (Wildman–Crippen LogP) is 9.11. The lowest BCUT2D eigenvalue weighted by molar-refractivity contribution is 0.570. The maximum absolute atomic E-state index is 3.62. The van der Waals surface area contributed by atoms with E-state index in [1.807, 2.05) is 0 Å². The summed E-state index contributed by atoms with van der Waals surface area (Å²) in [4.78, 5) is 0. The van der Waals surface area contributed by atoms with Crippen molar-refractivity contribution in [3.05, 3.63) is 23.3 Å². The van der Waals surface area contributed by atoms with Gasteiger partial charge >= 0.3 is 0 Å². The van der Waals surface area contributed by atoms with E-state index in [-0.39, 0.29) is 0 Å². The molecule has 0 spiro atoms. The second-order valence-electron chi connectivity index (χ2n) is 8.04. The van der Waals surface area contributed by atoms with E-state index >= 15 is 0 Å². The number of rotatable bonds is 18. The van der Waals surface area contributed by atoms with Gasteiger partial charge < -0.3 is 0 Å². The molecule has 0 unspecified atom stereocenters. The van der Waals surface area contributed by atoms with E-state index in [9.17, 15) is 0 Å². The van der Waals surface area contributed by atoms with Gasteiger partial charge in [-0.3, -0.25) is 0 Å². The molecule has 1 radical (unpaired) electrons. The van der Waals surface area contributed by atoms with E-state index < -0.39 is 0 Å². The Morgan fingerprint density at radius 1 is 0.600 bits per heavy atom. The first-order chi connectivity index (χ1) is 12.4. The van der Waals surface area contributed by atoms with Gasteiger partial charge in [0.15, 0.2) is 0 Å². The number of hydrogen-bond acceptors (Lipinski definition) is 0. The number of hydrogen-bond donors (Lipinski definition) is 0. The van der Waals surface area contributed by atoms with Crippen molar-refractivity contribution in [1.29, 1.82) is 0 Å². The minimum absolute atomic E-state index is 1.08. The van der Waals surface area contributed by atoms with Crippen molar-refractivity contribution in [3.8, 4) is 0 Å². The lowest BCUT2D eigenvalue weighted by Crippen LogP contribution is -1.90. The fourth-order valence-corrected chi connectivity index (χ4v) is 3.92. The first-order valence-electron chi connectivity index (χ1n) is 11.7. The van der Waals surface area contributed by atoms with Gasteiger partial charge in [0.25, 0.3) is 0 Å². The van der Waals surface area contributed by atoms with E-state index in [0.29, 0.717) is 0 Å². The minimum atomic E-state index is 1.08. The summed E-state index contributed by atoms with van der Waals surface area (Å²) in [7, 11) is 0. The smallest absolute Gasteiger partial charge is 0.00857 e. The summed E-state index contributed by atoms with van der Waals surface area (Å²) < 4.78 is 0. The summed E-state index contributed by atoms with van der Waals surface area (Å²) in [6.45, 7) is 4.59. The van der Waals surface area contributed by atoms with Crippen LogP contribution < -0.4 is 0 Å². The predicted molar refractivity (Wildman–Crippen MR) is 114 cm³/mol. The lowest BCUT2D eigenvalue weighted by Gasteiger charge is -2.09. The average molecular weight is 346 g/mol. The molecule has 0 aromatic carbocycles. The molecule has 0 bridgehead atoms. The average Bonchev–Trinajstić information content (AvgIpc) is 3.07. The Balaban J connectivity index is 1.95. The van der Waals surface area contributed by atoms with Gasteiger partial charge in [0.05, 0.1) is 0 Å². The van der Waals surface area contributed by atoms with E-state index in [1.54, 1.807) is 11.1 Å². The van der Waals surface area contributed by atoms with Crippen LogP contribution in [0.2, 0.25) is 0 Å². The summed E-state index contributed by atoms with van der Waals surface area (Å²) in [5.74, 6) is 0. The number of unbranched alkanes of at least 4 members (excludes halogenated alkanes) is 14.